The molecule has 2 amide bonds. The number of aliphatic hydroxyl groups excluding tert-OH is 1. The third-order valence-corrected chi connectivity index (χ3v) is 3.18. The van der Waals surface area contributed by atoms with Gasteiger partial charge in [0.2, 0.25) is 5.91 Å². The number of benzene rings is 1. The molecule has 116 valence electrons. The Labute approximate surface area is 125 Å². The van der Waals surface area contributed by atoms with Gasteiger partial charge in [-0.2, -0.15) is 0 Å². The van der Waals surface area contributed by atoms with Crippen molar-refractivity contribution in [2.45, 2.75) is 26.2 Å². The molecule has 5 nitrogen and oxygen atoms in total. The maximum Gasteiger partial charge on any atom is 0.251 e. The number of rotatable bonds is 9. The summed E-state index contributed by atoms with van der Waals surface area (Å²) in [6, 6.07) is 8.92. The molecule has 1 unspecified atom stereocenters. The Bertz CT molecular complexity index is 434. The van der Waals surface area contributed by atoms with E-state index in [0.717, 1.165) is 12.8 Å². The largest absolute Gasteiger partial charge is 0.396 e. The van der Waals surface area contributed by atoms with Gasteiger partial charge in [-0.15, -0.1) is 0 Å². The summed E-state index contributed by atoms with van der Waals surface area (Å²) in [6.45, 7) is 3.09. The predicted octanol–water partition coefficient (Wildman–Crippen LogP) is 1.33. The molecular formula is C16H24N2O3. The molecule has 0 aliphatic heterocycles. The summed E-state index contributed by atoms with van der Waals surface area (Å²) in [6.07, 6.45) is 2.01. The zero-order chi connectivity index (χ0) is 15.5. The van der Waals surface area contributed by atoms with E-state index in [9.17, 15) is 9.59 Å². The molecule has 0 aromatic heterocycles. The lowest BCUT2D eigenvalue weighted by molar-refractivity contribution is -0.120. The van der Waals surface area contributed by atoms with Gasteiger partial charge in [0.1, 0.15) is 0 Å². The number of amides is 2. The number of hydrogen-bond acceptors (Lipinski definition) is 3. The molecule has 0 radical (unpaired) electrons. The SMILES string of the molecule is CC(CO)CCCNC(=O)CCNC(=O)c1ccccc1. The molecule has 0 aliphatic carbocycles. The van der Waals surface area contributed by atoms with Crippen LogP contribution in [-0.4, -0.2) is 36.6 Å². The molecule has 3 N–H and O–H groups in total. The Morgan fingerprint density at radius 2 is 1.86 bits per heavy atom. The predicted molar refractivity (Wildman–Crippen MR) is 81.9 cm³/mol. The summed E-state index contributed by atoms with van der Waals surface area (Å²) in [5.41, 5.74) is 0.593. The van der Waals surface area contributed by atoms with E-state index < -0.39 is 0 Å². The molecule has 5 heteroatoms. The second kappa shape index (κ2) is 9.94. The monoisotopic (exact) mass is 292 g/mol. The fourth-order valence-corrected chi connectivity index (χ4v) is 1.84. The fraction of sp³-hybridized carbons (Fsp3) is 0.500. The summed E-state index contributed by atoms with van der Waals surface area (Å²) in [5, 5.41) is 14.4. The van der Waals surface area contributed by atoms with Crippen LogP contribution in [0.4, 0.5) is 0 Å². The molecule has 0 bridgehead atoms. The van der Waals surface area contributed by atoms with Gasteiger partial charge in [0, 0.05) is 31.7 Å². The maximum atomic E-state index is 11.7. The van der Waals surface area contributed by atoms with Crippen molar-refractivity contribution in [1.82, 2.24) is 10.6 Å². The lowest BCUT2D eigenvalue weighted by Crippen LogP contribution is -2.31. The van der Waals surface area contributed by atoms with Crippen molar-refractivity contribution < 1.29 is 14.7 Å². The number of carbonyl (C=O) groups excluding carboxylic acids is 2. The highest BCUT2D eigenvalue weighted by Gasteiger charge is 2.06. The van der Waals surface area contributed by atoms with E-state index in [1.54, 1.807) is 24.3 Å². The van der Waals surface area contributed by atoms with Gasteiger partial charge in [-0.1, -0.05) is 25.1 Å². The minimum atomic E-state index is -0.167. The highest BCUT2D eigenvalue weighted by molar-refractivity contribution is 5.94. The quantitative estimate of drug-likeness (QED) is 0.601. The van der Waals surface area contributed by atoms with E-state index in [1.807, 2.05) is 13.0 Å². The van der Waals surface area contributed by atoms with E-state index in [2.05, 4.69) is 10.6 Å². The summed E-state index contributed by atoms with van der Waals surface area (Å²) in [5.74, 6) is 0.0345. The first kappa shape index (κ1) is 17.2. The van der Waals surface area contributed by atoms with E-state index in [1.165, 1.54) is 0 Å². The Morgan fingerprint density at radius 3 is 2.52 bits per heavy atom. The standard InChI is InChI=1S/C16H24N2O3/c1-13(12-19)6-5-10-17-15(20)9-11-18-16(21)14-7-3-2-4-8-14/h2-4,7-8,13,19H,5-6,9-12H2,1H3,(H,17,20)(H,18,21). The highest BCUT2D eigenvalue weighted by atomic mass is 16.3. The van der Waals surface area contributed by atoms with Crippen LogP contribution in [0.25, 0.3) is 0 Å². The first-order valence-corrected chi connectivity index (χ1v) is 7.34. The molecule has 1 rings (SSSR count). The van der Waals surface area contributed by atoms with Gasteiger partial charge in [-0.05, 0) is 30.9 Å². The van der Waals surface area contributed by atoms with Crippen LogP contribution in [0.15, 0.2) is 30.3 Å². The van der Waals surface area contributed by atoms with Crippen LogP contribution in [0.1, 0.15) is 36.5 Å². The van der Waals surface area contributed by atoms with Gasteiger partial charge in [-0.25, -0.2) is 0 Å². The average Bonchev–Trinajstić information content (AvgIpc) is 2.52. The van der Waals surface area contributed by atoms with Crippen LogP contribution in [0.2, 0.25) is 0 Å². The molecule has 0 heterocycles. The summed E-state index contributed by atoms with van der Waals surface area (Å²) in [4.78, 5) is 23.3. The Morgan fingerprint density at radius 1 is 1.14 bits per heavy atom. The Balaban J connectivity index is 2.09. The van der Waals surface area contributed by atoms with Gasteiger partial charge in [-0.3, -0.25) is 9.59 Å². The van der Waals surface area contributed by atoms with Gasteiger partial charge in [0.05, 0.1) is 0 Å². The fourth-order valence-electron chi connectivity index (χ4n) is 1.84. The third-order valence-electron chi connectivity index (χ3n) is 3.18. The van der Waals surface area contributed by atoms with E-state index in [0.29, 0.717) is 18.7 Å². The second-order valence-corrected chi connectivity index (χ2v) is 5.15. The lowest BCUT2D eigenvalue weighted by atomic mass is 10.1. The van der Waals surface area contributed by atoms with Crippen LogP contribution in [0.3, 0.4) is 0 Å². The first-order valence-electron chi connectivity index (χ1n) is 7.34. The van der Waals surface area contributed by atoms with Crippen LogP contribution in [0, 0.1) is 5.92 Å². The van der Waals surface area contributed by atoms with Crippen molar-refractivity contribution in [2.24, 2.45) is 5.92 Å². The van der Waals surface area contributed by atoms with Crippen LogP contribution < -0.4 is 10.6 Å². The Kier molecular flexibility index (Phi) is 8.12. The molecular weight excluding hydrogens is 268 g/mol. The summed E-state index contributed by atoms with van der Waals surface area (Å²) >= 11 is 0. The summed E-state index contributed by atoms with van der Waals surface area (Å²) < 4.78 is 0. The minimum absolute atomic E-state index is 0.0694. The van der Waals surface area contributed by atoms with Crippen LogP contribution in [0.5, 0.6) is 0 Å². The number of nitrogens with one attached hydrogen (secondary N) is 2. The van der Waals surface area contributed by atoms with Crippen molar-refractivity contribution in [3.8, 4) is 0 Å². The van der Waals surface area contributed by atoms with Gasteiger partial charge >= 0.3 is 0 Å². The number of aliphatic hydroxyl groups is 1. The molecule has 0 spiro atoms. The number of hydrogen-bond donors (Lipinski definition) is 3. The first-order chi connectivity index (χ1) is 10.1. The van der Waals surface area contributed by atoms with Crippen LogP contribution in [-0.2, 0) is 4.79 Å². The van der Waals surface area contributed by atoms with Gasteiger partial charge in [0.15, 0.2) is 0 Å². The second-order valence-electron chi connectivity index (χ2n) is 5.15. The van der Waals surface area contributed by atoms with E-state index in [4.69, 9.17) is 5.11 Å². The number of carbonyl (C=O) groups is 2. The van der Waals surface area contributed by atoms with Crippen molar-refractivity contribution >= 4 is 11.8 Å². The average molecular weight is 292 g/mol. The third kappa shape index (κ3) is 7.46. The normalized spacial score (nSPS) is 11.7. The molecule has 1 aromatic rings. The molecule has 0 aliphatic rings. The minimum Gasteiger partial charge on any atom is -0.396 e. The smallest absolute Gasteiger partial charge is 0.251 e. The maximum absolute atomic E-state index is 11.7. The zero-order valence-electron chi connectivity index (χ0n) is 12.5. The van der Waals surface area contributed by atoms with E-state index >= 15 is 0 Å². The Hall–Kier alpha value is -1.88. The topological polar surface area (TPSA) is 78.4 Å². The van der Waals surface area contributed by atoms with Crippen LogP contribution >= 0.6 is 0 Å². The zero-order valence-corrected chi connectivity index (χ0v) is 12.5. The van der Waals surface area contributed by atoms with Crippen molar-refractivity contribution in [2.75, 3.05) is 19.7 Å². The van der Waals surface area contributed by atoms with Crippen molar-refractivity contribution in [1.29, 1.82) is 0 Å². The van der Waals surface area contributed by atoms with Gasteiger partial charge in [0.25, 0.3) is 5.91 Å². The van der Waals surface area contributed by atoms with Crippen molar-refractivity contribution in [3.63, 3.8) is 0 Å². The van der Waals surface area contributed by atoms with Gasteiger partial charge < -0.3 is 15.7 Å². The van der Waals surface area contributed by atoms with Crippen molar-refractivity contribution in [3.05, 3.63) is 35.9 Å². The molecule has 21 heavy (non-hydrogen) atoms. The van der Waals surface area contributed by atoms with E-state index in [-0.39, 0.29) is 30.8 Å². The molecule has 0 saturated carbocycles. The molecule has 1 atom stereocenters. The molecule has 1 aromatic carbocycles. The summed E-state index contributed by atoms with van der Waals surface area (Å²) in [7, 11) is 0. The highest BCUT2D eigenvalue weighted by Crippen LogP contribution is 2.02. The molecule has 0 fully saturated rings. The lowest BCUT2D eigenvalue weighted by Gasteiger charge is -2.09. The molecule has 0 saturated heterocycles.